The van der Waals surface area contributed by atoms with Crippen LogP contribution in [0.5, 0.6) is 5.75 Å². The second kappa shape index (κ2) is 4.82. The molecule has 1 atom stereocenters. The summed E-state index contributed by atoms with van der Waals surface area (Å²) in [4.78, 5) is 10.8. The van der Waals surface area contributed by atoms with E-state index in [4.69, 9.17) is 9.84 Å². The van der Waals surface area contributed by atoms with Crippen molar-refractivity contribution >= 4 is 5.97 Å². The second-order valence-corrected chi connectivity index (χ2v) is 3.62. The number of aryl methyl sites for hydroxylation is 2. The number of hydrogen-bond donors (Lipinski definition) is 1. The second-order valence-electron chi connectivity index (χ2n) is 3.62. The summed E-state index contributed by atoms with van der Waals surface area (Å²) in [7, 11) is 0. The van der Waals surface area contributed by atoms with Crippen LogP contribution in [0.2, 0.25) is 0 Å². The van der Waals surface area contributed by atoms with E-state index in [-0.39, 0.29) is 0 Å². The largest absolute Gasteiger partial charge is 0.479 e. The first-order valence-electron chi connectivity index (χ1n) is 5.01. The van der Waals surface area contributed by atoms with Gasteiger partial charge < -0.3 is 9.84 Å². The van der Waals surface area contributed by atoms with E-state index in [1.807, 2.05) is 32.0 Å². The van der Waals surface area contributed by atoms with Gasteiger partial charge in [0, 0.05) is 0 Å². The van der Waals surface area contributed by atoms with Gasteiger partial charge in [0.15, 0.2) is 6.10 Å². The highest BCUT2D eigenvalue weighted by molar-refractivity contribution is 5.72. The Hall–Kier alpha value is -1.51. The molecule has 0 aliphatic carbocycles. The number of benzene rings is 1. The van der Waals surface area contributed by atoms with Crippen molar-refractivity contribution in [1.82, 2.24) is 0 Å². The summed E-state index contributed by atoms with van der Waals surface area (Å²) in [5.74, 6) is -0.271. The van der Waals surface area contributed by atoms with Crippen molar-refractivity contribution in [2.24, 2.45) is 0 Å². The maximum atomic E-state index is 10.8. The first-order valence-corrected chi connectivity index (χ1v) is 5.01. The van der Waals surface area contributed by atoms with Crippen molar-refractivity contribution in [3.05, 3.63) is 29.3 Å². The lowest BCUT2D eigenvalue weighted by Crippen LogP contribution is -2.26. The van der Waals surface area contributed by atoms with E-state index in [0.29, 0.717) is 12.2 Å². The molecule has 0 amide bonds. The molecule has 0 unspecified atom stereocenters. The predicted octanol–water partition coefficient (Wildman–Crippen LogP) is 2.55. The van der Waals surface area contributed by atoms with E-state index in [2.05, 4.69) is 0 Å². The standard InChI is InChI=1S/C12H16O3/c1-4-10(12(13)14)15-11-6-5-8(2)7-9(11)3/h5-7,10H,4H2,1-3H3,(H,13,14)/t10-/m0/s1. The quantitative estimate of drug-likeness (QED) is 0.827. The highest BCUT2D eigenvalue weighted by Crippen LogP contribution is 2.20. The molecule has 15 heavy (non-hydrogen) atoms. The van der Waals surface area contributed by atoms with Crippen LogP contribution in [0.25, 0.3) is 0 Å². The summed E-state index contributed by atoms with van der Waals surface area (Å²) in [6, 6.07) is 5.71. The minimum absolute atomic E-state index is 0.461. The van der Waals surface area contributed by atoms with Crippen LogP contribution >= 0.6 is 0 Å². The van der Waals surface area contributed by atoms with Gasteiger partial charge in [-0.2, -0.15) is 0 Å². The Morgan fingerprint density at radius 3 is 2.60 bits per heavy atom. The Bertz CT molecular complexity index is 358. The van der Waals surface area contributed by atoms with Crippen LogP contribution in [0.3, 0.4) is 0 Å². The highest BCUT2D eigenvalue weighted by Gasteiger charge is 2.17. The Morgan fingerprint density at radius 2 is 2.13 bits per heavy atom. The molecular formula is C12H16O3. The molecule has 82 valence electrons. The lowest BCUT2D eigenvalue weighted by atomic mass is 10.1. The highest BCUT2D eigenvalue weighted by atomic mass is 16.5. The van der Waals surface area contributed by atoms with Gasteiger partial charge in [-0.3, -0.25) is 0 Å². The van der Waals surface area contributed by atoms with Crippen LogP contribution in [0.4, 0.5) is 0 Å². The third-order valence-electron chi connectivity index (χ3n) is 2.25. The fourth-order valence-corrected chi connectivity index (χ4v) is 1.39. The molecule has 0 aromatic heterocycles. The molecule has 0 radical (unpaired) electrons. The number of rotatable bonds is 4. The molecule has 3 heteroatoms. The molecule has 0 saturated heterocycles. The minimum atomic E-state index is -0.919. The molecule has 0 bridgehead atoms. The summed E-state index contributed by atoms with van der Waals surface area (Å²) in [6.45, 7) is 5.70. The van der Waals surface area contributed by atoms with Crippen LogP contribution in [0, 0.1) is 13.8 Å². The first-order chi connectivity index (χ1) is 7.04. The summed E-state index contributed by atoms with van der Waals surface area (Å²) in [5.41, 5.74) is 2.11. The average Bonchev–Trinajstić information content (AvgIpc) is 2.16. The van der Waals surface area contributed by atoms with Crippen molar-refractivity contribution < 1.29 is 14.6 Å². The molecule has 0 fully saturated rings. The molecule has 0 saturated carbocycles. The Labute approximate surface area is 89.7 Å². The number of carboxylic acid groups (broad SMARTS) is 1. The number of aliphatic carboxylic acids is 1. The van der Waals surface area contributed by atoms with Crippen LogP contribution < -0.4 is 4.74 Å². The Balaban J connectivity index is 2.84. The van der Waals surface area contributed by atoms with Crippen LogP contribution in [0.1, 0.15) is 24.5 Å². The van der Waals surface area contributed by atoms with Gasteiger partial charge in [-0.25, -0.2) is 4.79 Å². The summed E-state index contributed by atoms with van der Waals surface area (Å²) >= 11 is 0. The van der Waals surface area contributed by atoms with Gasteiger partial charge in [0.2, 0.25) is 0 Å². The number of hydrogen-bond acceptors (Lipinski definition) is 2. The van der Waals surface area contributed by atoms with Gasteiger partial charge in [-0.05, 0) is 31.9 Å². The molecule has 1 aromatic rings. The van der Waals surface area contributed by atoms with Crippen molar-refractivity contribution in [2.75, 3.05) is 0 Å². The van der Waals surface area contributed by atoms with E-state index >= 15 is 0 Å². The topological polar surface area (TPSA) is 46.5 Å². The van der Waals surface area contributed by atoms with Crippen molar-refractivity contribution in [2.45, 2.75) is 33.3 Å². The van der Waals surface area contributed by atoms with Gasteiger partial charge in [0.1, 0.15) is 5.75 Å². The first kappa shape index (κ1) is 11.6. The van der Waals surface area contributed by atoms with E-state index in [0.717, 1.165) is 11.1 Å². The fourth-order valence-electron chi connectivity index (χ4n) is 1.39. The van der Waals surface area contributed by atoms with Gasteiger partial charge in [-0.15, -0.1) is 0 Å². The molecule has 0 heterocycles. The summed E-state index contributed by atoms with van der Waals surface area (Å²) in [5, 5.41) is 8.86. The van der Waals surface area contributed by atoms with Crippen molar-refractivity contribution in [1.29, 1.82) is 0 Å². The van der Waals surface area contributed by atoms with E-state index in [1.54, 1.807) is 6.92 Å². The van der Waals surface area contributed by atoms with Crippen LogP contribution in [-0.4, -0.2) is 17.2 Å². The minimum Gasteiger partial charge on any atom is -0.479 e. The molecule has 0 aliphatic rings. The normalized spacial score (nSPS) is 12.2. The maximum absolute atomic E-state index is 10.8. The maximum Gasteiger partial charge on any atom is 0.344 e. The van der Waals surface area contributed by atoms with Gasteiger partial charge in [0.05, 0.1) is 0 Å². The third-order valence-corrected chi connectivity index (χ3v) is 2.25. The van der Waals surface area contributed by atoms with Crippen LogP contribution in [0.15, 0.2) is 18.2 Å². The monoisotopic (exact) mass is 208 g/mol. The number of ether oxygens (including phenoxy) is 1. The molecule has 1 aromatic carbocycles. The molecule has 0 spiro atoms. The zero-order valence-electron chi connectivity index (χ0n) is 9.28. The summed E-state index contributed by atoms with van der Waals surface area (Å²) in [6.07, 6.45) is -0.297. The third kappa shape index (κ3) is 2.98. The van der Waals surface area contributed by atoms with E-state index in [1.165, 1.54) is 0 Å². The Morgan fingerprint density at radius 1 is 1.47 bits per heavy atom. The predicted molar refractivity (Wildman–Crippen MR) is 58.3 cm³/mol. The zero-order chi connectivity index (χ0) is 11.4. The lowest BCUT2D eigenvalue weighted by Gasteiger charge is -2.15. The molecular weight excluding hydrogens is 192 g/mol. The number of carboxylic acids is 1. The van der Waals surface area contributed by atoms with Gasteiger partial charge in [0.25, 0.3) is 0 Å². The van der Waals surface area contributed by atoms with Gasteiger partial charge >= 0.3 is 5.97 Å². The summed E-state index contributed by atoms with van der Waals surface area (Å²) < 4.78 is 5.41. The van der Waals surface area contributed by atoms with Crippen molar-refractivity contribution in [3.8, 4) is 5.75 Å². The van der Waals surface area contributed by atoms with Crippen LogP contribution in [-0.2, 0) is 4.79 Å². The SMILES string of the molecule is CC[C@H](Oc1ccc(C)cc1C)C(=O)O. The molecule has 3 nitrogen and oxygen atoms in total. The fraction of sp³-hybridized carbons (Fsp3) is 0.417. The lowest BCUT2D eigenvalue weighted by molar-refractivity contribution is -0.145. The Kier molecular flexibility index (Phi) is 3.72. The molecule has 1 rings (SSSR count). The molecule has 0 aliphatic heterocycles. The zero-order valence-corrected chi connectivity index (χ0v) is 9.28. The van der Waals surface area contributed by atoms with Crippen molar-refractivity contribution in [3.63, 3.8) is 0 Å². The smallest absolute Gasteiger partial charge is 0.344 e. The molecule has 1 N–H and O–H groups in total. The van der Waals surface area contributed by atoms with E-state index < -0.39 is 12.1 Å². The van der Waals surface area contributed by atoms with Gasteiger partial charge in [-0.1, -0.05) is 24.6 Å². The van der Waals surface area contributed by atoms with E-state index in [9.17, 15) is 4.79 Å². The average molecular weight is 208 g/mol. The number of carbonyl (C=O) groups is 1.